The van der Waals surface area contributed by atoms with E-state index in [1.807, 2.05) is 13.0 Å². The lowest BCUT2D eigenvalue weighted by Crippen LogP contribution is -2.17. The van der Waals surface area contributed by atoms with E-state index in [0.29, 0.717) is 15.8 Å². The topological polar surface area (TPSA) is 87.0 Å². The van der Waals surface area contributed by atoms with Gasteiger partial charge < -0.3 is 0 Å². The van der Waals surface area contributed by atoms with Crippen LogP contribution < -0.4 is 4.72 Å². The molecule has 0 radical (unpaired) electrons. The van der Waals surface area contributed by atoms with E-state index in [1.54, 1.807) is 30.3 Å². The van der Waals surface area contributed by atoms with Gasteiger partial charge in [-0.3, -0.25) is 9.52 Å². The fourth-order valence-electron chi connectivity index (χ4n) is 3.54. The van der Waals surface area contributed by atoms with Crippen LogP contribution in [0.25, 0.3) is 10.8 Å². The van der Waals surface area contributed by atoms with Crippen molar-refractivity contribution < 1.29 is 17.6 Å². The molecule has 0 heterocycles. The molecule has 0 saturated heterocycles. The van der Waals surface area contributed by atoms with Crippen LogP contribution in [0.15, 0.2) is 71.6 Å². The Balaban J connectivity index is 1.99. The van der Waals surface area contributed by atoms with Gasteiger partial charge >= 0.3 is 0 Å². The number of halogens is 3. The van der Waals surface area contributed by atoms with Gasteiger partial charge in [-0.15, -0.1) is 0 Å². The van der Waals surface area contributed by atoms with Gasteiger partial charge in [0.05, 0.1) is 26.7 Å². The maximum atomic E-state index is 13.9. The van der Waals surface area contributed by atoms with Gasteiger partial charge in [0, 0.05) is 16.0 Å². The number of rotatable bonds is 5. The molecule has 0 saturated carbocycles. The third-order valence-corrected chi connectivity index (χ3v) is 7.14. The minimum Gasteiger partial charge on any atom is -0.288 e. The van der Waals surface area contributed by atoms with E-state index >= 15 is 0 Å². The minimum absolute atomic E-state index is 0.0371. The zero-order valence-electron chi connectivity index (χ0n) is 17.6. The van der Waals surface area contributed by atoms with Crippen molar-refractivity contribution in [3.63, 3.8) is 0 Å². The van der Waals surface area contributed by atoms with Gasteiger partial charge in [-0.2, -0.15) is 5.26 Å². The van der Waals surface area contributed by atoms with Crippen molar-refractivity contribution in [2.24, 2.45) is 0 Å². The summed E-state index contributed by atoms with van der Waals surface area (Å²) in [5.74, 6) is -1.51. The second-order valence-corrected chi connectivity index (χ2v) is 10.0. The number of hydrogen-bond acceptors (Lipinski definition) is 4. The number of nitrogens with one attached hydrogen (secondary N) is 1. The van der Waals surface area contributed by atoms with E-state index < -0.39 is 21.6 Å². The molecule has 34 heavy (non-hydrogen) atoms. The smallest absolute Gasteiger partial charge is 0.261 e. The Morgan fingerprint density at radius 3 is 2.38 bits per heavy atom. The molecule has 0 atom stereocenters. The van der Waals surface area contributed by atoms with Crippen LogP contribution in [0.1, 0.15) is 27.0 Å². The summed E-state index contributed by atoms with van der Waals surface area (Å²) in [6, 6.07) is 17.4. The van der Waals surface area contributed by atoms with Crippen molar-refractivity contribution in [3.05, 3.63) is 105 Å². The quantitative estimate of drug-likeness (QED) is 0.309. The molecule has 0 amide bonds. The number of aryl methyl sites for hydroxylation is 1. The summed E-state index contributed by atoms with van der Waals surface area (Å²) in [5, 5.41) is 11.1. The molecule has 0 aliphatic carbocycles. The van der Waals surface area contributed by atoms with Crippen LogP contribution in [0, 0.1) is 24.1 Å². The molecule has 1 N–H and O–H groups in total. The number of fused-ring (bicyclic) bond motifs is 1. The van der Waals surface area contributed by atoms with E-state index in [4.69, 9.17) is 23.2 Å². The van der Waals surface area contributed by atoms with Gasteiger partial charge in [0.1, 0.15) is 11.9 Å². The molecule has 0 aliphatic rings. The van der Waals surface area contributed by atoms with Gasteiger partial charge in [0.25, 0.3) is 10.0 Å². The fraction of sp³-hybridized carbons (Fsp3) is 0.0400. The van der Waals surface area contributed by atoms with Crippen LogP contribution in [0.3, 0.4) is 0 Å². The number of ketones is 1. The monoisotopic (exact) mass is 512 g/mol. The molecule has 4 rings (SSSR count). The summed E-state index contributed by atoms with van der Waals surface area (Å²) in [7, 11) is -4.14. The van der Waals surface area contributed by atoms with Crippen LogP contribution in [-0.4, -0.2) is 14.2 Å². The van der Waals surface area contributed by atoms with E-state index in [1.165, 1.54) is 24.3 Å². The Labute approximate surface area is 205 Å². The molecular formula is C25H15Cl2FN2O3S. The highest BCUT2D eigenvalue weighted by Crippen LogP contribution is 2.35. The summed E-state index contributed by atoms with van der Waals surface area (Å²) in [6.45, 7) is 1.82. The van der Waals surface area contributed by atoms with Crippen LogP contribution in [0.4, 0.5) is 10.1 Å². The molecule has 0 fully saturated rings. The Morgan fingerprint density at radius 2 is 1.71 bits per heavy atom. The molecule has 5 nitrogen and oxygen atoms in total. The highest BCUT2D eigenvalue weighted by atomic mass is 35.5. The van der Waals surface area contributed by atoms with Crippen molar-refractivity contribution in [1.29, 1.82) is 5.26 Å². The maximum absolute atomic E-state index is 13.9. The van der Waals surface area contributed by atoms with Crippen molar-refractivity contribution in [2.45, 2.75) is 11.8 Å². The first-order chi connectivity index (χ1) is 16.1. The normalized spacial score (nSPS) is 11.3. The lowest BCUT2D eigenvalue weighted by Gasteiger charge is -2.16. The molecule has 170 valence electrons. The molecule has 0 spiro atoms. The van der Waals surface area contributed by atoms with E-state index in [9.17, 15) is 22.9 Å². The van der Waals surface area contributed by atoms with E-state index in [0.717, 1.165) is 17.7 Å². The highest BCUT2D eigenvalue weighted by molar-refractivity contribution is 7.92. The number of carbonyl (C=O) groups excluding carboxylic acids is 1. The SMILES string of the molecule is Cc1ccc(S(=O)(=O)Nc2cc3cc(Cl)ccc3c(C#N)c2C(=O)c2cc(F)ccc2Cl)cc1. The molecule has 0 aromatic heterocycles. The molecular weight excluding hydrogens is 498 g/mol. The predicted octanol–water partition coefficient (Wildman–Crippen LogP) is 6.50. The van der Waals surface area contributed by atoms with Crippen molar-refractivity contribution in [2.75, 3.05) is 4.72 Å². The number of nitrogens with zero attached hydrogens (tertiary/aromatic N) is 1. The van der Waals surface area contributed by atoms with Crippen molar-refractivity contribution in [3.8, 4) is 6.07 Å². The Kier molecular flexibility index (Phi) is 6.32. The fourth-order valence-corrected chi connectivity index (χ4v) is 4.98. The van der Waals surface area contributed by atoms with Crippen LogP contribution >= 0.6 is 23.2 Å². The van der Waals surface area contributed by atoms with Crippen molar-refractivity contribution >= 4 is 55.5 Å². The summed E-state index contributed by atoms with van der Waals surface area (Å²) in [4.78, 5) is 13.5. The summed E-state index contributed by atoms with van der Waals surface area (Å²) in [6.07, 6.45) is 0. The van der Waals surface area contributed by atoms with E-state index in [-0.39, 0.29) is 32.3 Å². The minimum atomic E-state index is -4.14. The first-order valence-corrected chi connectivity index (χ1v) is 12.1. The second kappa shape index (κ2) is 9.07. The average molecular weight is 513 g/mol. The summed E-state index contributed by atoms with van der Waals surface area (Å²) >= 11 is 12.2. The predicted molar refractivity (Wildman–Crippen MR) is 131 cm³/mol. The lowest BCUT2D eigenvalue weighted by molar-refractivity contribution is 0.103. The number of nitriles is 1. The summed E-state index contributed by atoms with van der Waals surface area (Å²) in [5.41, 5.74) is 0.156. The number of carbonyl (C=O) groups is 1. The van der Waals surface area contributed by atoms with Gasteiger partial charge in [-0.1, -0.05) is 47.0 Å². The summed E-state index contributed by atoms with van der Waals surface area (Å²) < 4.78 is 42.6. The first-order valence-electron chi connectivity index (χ1n) is 9.86. The van der Waals surface area contributed by atoms with Crippen LogP contribution in [-0.2, 0) is 10.0 Å². The third kappa shape index (κ3) is 4.48. The van der Waals surface area contributed by atoms with E-state index in [2.05, 4.69) is 4.72 Å². The molecule has 4 aromatic carbocycles. The molecule has 0 unspecified atom stereocenters. The maximum Gasteiger partial charge on any atom is 0.261 e. The molecule has 4 aromatic rings. The molecule has 9 heteroatoms. The first kappa shape index (κ1) is 23.7. The average Bonchev–Trinajstić information content (AvgIpc) is 2.79. The second-order valence-electron chi connectivity index (χ2n) is 7.52. The highest BCUT2D eigenvalue weighted by Gasteiger charge is 2.26. The largest absolute Gasteiger partial charge is 0.288 e. The Hall–Kier alpha value is -3.44. The zero-order chi connectivity index (χ0) is 24.6. The van der Waals surface area contributed by atoms with Crippen molar-refractivity contribution in [1.82, 2.24) is 0 Å². The lowest BCUT2D eigenvalue weighted by atomic mass is 9.92. The number of benzene rings is 4. The molecule has 0 bridgehead atoms. The van der Waals surface area contributed by atoms with Gasteiger partial charge in [-0.25, -0.2) is 12.8 Å². The number of hydrogen-bond donors (Lipinski definition) is 1. The van der Waals surface area contributed by atoms with Gasteiger partial charge in [0.2, 0.25) is 0 Å². The Morgan fingerprint density at radius 1 is 1.00 bits per heavy atom. The van der Waals surface area contributed by atoms with Gasteiger partial charge in [0.15, 0.2) is 5.78 Å². The van der Waals surface area contributed by atoms with Gasteiger partial charge in [-0.05, 0) is 60.8 Å². The number of anilines is 1. The number of sulfonamides is 1. The third-order valence-electron chi connectivity index (χ3n) is 5.19. The Bertz CT molecular complexity index is 1610. The van der Waals surface area contributed by atoms with Crippen LogP contribution in [0.2, 0.25) is 10.0 Å². The van der Waals surface area contributed by atoms with Crippen LogP contribution in [0.5, 0.6) is 0 Å². The molecule has 0 aliphatic heterocycles. The standard InChI is InChI=1S/C25H15Cl2FN2O3S/c1-14-2-6-18(7-3-14)34(32,33)30-23-11-15-10-16(26)4-8-19(15)21(13-29)24(23)25(31)20-12-17(28)5-9-22(20)27/h2-12,30H,1H3. The zero-order valence-corrected chi connectivity index (χ0v) is 19.9.